The molecule has 5 heteroatoms. The van der Waals surface area contributed by atoms with Crippen molar-refractivity contribution in [1.82, 2.24) is 4.90 Å². The number of carbonyl (C=O) groups is 2. The van der Waals surface area contributed by atoms with Gasteiger partial charge in [-0.1, -0.05) is 55.2 Å². The summed E-state index contributed by atoms with van der Waals surface area (Å²) in [6, 6.07) is 11.0. The van der Waals surface area contributed by atoms with Gasteiger partial charge in [0.2, 0.25) is 0 Å². The number of ether oxygens (including phenoxy) is 1. The van der Waals surface area contributed by atoms with Crippen LogP contribution in [-0.4, -0.2) is 34.8 Å². The summed E-state index contributed by atoms with van der Waals surface area (Å²) >= 11 is 0. The molecule has 1 N–H and O–H groups in total. The minimum Gasteiger partial charge on any atom is -0.507 e. The minimum atomic E-state index is -0.624. The molecule has 4 rings (SSSR count). The third-order valence-corrected chi connectivity index (χ3v) is 6.68. The number of benzene rings is 2. The molecule has 2 fully saturated rings. The summed E-state index contributed by atoms with van der Waals surface area (Å²) in [5.74, 6) is -0.800. The van der Waals surface area contributed by atoms with Gasteiger partial charge >= 0.3 is 0 Å². The van der Waals surface area contributed by atoms with Gasteiger partial charge in [0.15, 0.2) is 0 Å². The van der Waals surface area contributed by atoms with Crippen LogP contribution < -0.4 is 4.74 Å². The summed E-state index contributed by atoms with van der Waals surface area (Å²) in [5, 5.41) is 11.5. The van der Waals surface area contributed by atoms with Gasteiger partial charge in [0.1, 0.15) is 11.5 Å². The molecule has 2 aromatic carbocycles. The van der Waals surface area contributed by atoms with Crippen molar-refractivity contribution in [1.29, 1.82) is 0 Å². The number of rotatable bonds is 4. The molecule has 1 heterocycles. The molecule has 0 bridgehead atoms. The molecule has 168 valence electrons. The number of aliphatic hydroxyl groups is 1. The average molecular weight is 434 g/mol. The lowest BCUT2D eigenvalue weighted by atomic mass is 9.90. The molecule has 0 radical (unpaired) electrons. The Labute approximate surface area is 189 Å². The summed E-state index contributed by atoms with van der Waals surface area (Å²) in [6.07, 6.45) is 4.98. The maximum Gasteiger partial charge on any atom is 0.295 e. The van der Waals surface area contributed by atoms with Gasteiger partial charge < -0.3 is 14.7 Å². The van der Waals surface area contributed by atoms with E-state index in [0.29, 0.717) is 11.3 Å². The summed E-state index contributed by atoms with van der Waals surface area (Å²) in [4.78, 5) is 28.4. The van der Waals surface area contributed by atoms with E-state index < -0.39 is 17.7 Å². The molecule has 1 amide bonds. The Kier molecular flexibility index (Phi) is 6.09. The first kappa shape index (κ1) is 22.1. The third kappa shape index (κ3) is 3.81. The number of carbonyl (C=O) groups excluding carboxylic acids is 2. The van der Waals surface area contributed by atoms with E-state index in [0.717, 1.165) is 54.4 Å². The Bertz CT molecular complexity index is 1090. The van der Waals surface area contributed by atoms with E-state index in [2.05, 4.69) is 0 Å². The van der Waals surface area contributed by atoms with Crippen molar-refractivity contribution < 1.29 is 19.4 Å². The summed E-state index contributed by atoms with van der Waals surface area (Å²) in [7, 11) is 1.55. The summed E-state index contributed by atoms with van der Waals surface area (Å²) in [5.41, 5.74) is 4.29. The van der Waals surface area contributed by atoms with E-state index >= 15 is 0 Å². The number of Topliss-reactive ketones (excluding diaryl/α,β-unsaturated/α-hetero) is 1. The number of aliphatic hydroxyl groups excluding tert-OH is 1. The van der Waals surface area contributed by atoms with Crippen LogP contribution in [0.3, 0.4) is 0 Å². The van der Waals surface area contributed by atoms with Crippen molar-refractivity contribution in [3.8, 4) is 5.75 Å². The second kappa shape index (κ2) is 8.81. The molecule has 2 aliphatic rings. The third-order valence-electron chi connectivity index (χ3n) is 6.68. The maximum absolute atomic E-state index is 13.4. The SMILES string of the molecule is COc1c(C)cc(C)cc1/C(O)=C1\C(=O)C(=O)N(C2CCCCC2)C1c1cccc(C)c1. The van der Waals surface area contributed by atoms with Gasteiger partial charge in [-0.05, 0) is 56.4 Å². The molecule has 1 aliphatic heterocycles. The quantitative estimate of drug-likeness (QED) is 0.400. The lowest BCUT2D eigenvalue weighted by Crippen LogP contribution is -2.40. The molecule has 1 aliphatic carbocycles. The molecule has 0 spiro atoms. The van der Waals surface area contributed by atoms with E-state index in [1.165, 1.54) is 0 Å². The normalized spacial score (nSPS) is 21.2. The van der Waals surface area contributed by atoms with Gasteiger partial charge in [0.05, 0.1) is 24.3 Å². The molecule has 1 unspecified atom stereocenters. The zero-order chi connectivity index (χ0) is 23.0. The number of nitrogens with zero attached hydrogens (tertiary/aromatic N) is 1. The van der Waals surface area contributed by atoms with Gasteiger partial charge in [-0.2, -0.15) is 0 Å². The van der Waals surface area contributed by atoms with Gasteiger partial charge in [-0.15, -0.1) is 0 Å². The van der Waals surface area contributed by atoms with Crippen LogP contribution in [0, 0.1) is 20.8 Å². The fourth-order valence-corrected chi connectivity index (χ4v) is 5.30. The molecule has 1 saturated carbocycles. The first-order valence-corrected chi connectivity index (χ1v) is 11.4. The second-order valence-electron chi connectivity index (χ2n) is 9.07. The van der Waals surface area contributed by atoms with Crippen LogP contribution in [0.2, 0.25) is 0 Å². The second-order valence-corrected chi connectivity index (χ2v) is 9.07. The average Bonchev–Trinajstić information content (AvgIpc) is 3.04. The van der Waals surface area contributed by atoms with Crippen LogP contribution in [0.15, 0.2) is 42.0 Å². The van der Waals surface area contributed by atoms with E-state index in [4.69, 9.17) is 4.74 Å². The molecule has 1 saturated heterocycles. The van der Waals surface area contributed by atoms with Crippen molar-refractivity contribution in [2.24, 2.45) is 0 Å². The van der Waals surface area contributed by atoms with E-state index in [9.17, 15) is 14.7 Å². The van der Waals surface area contributed by atoms with Crippen molar-refractivity contribution in [3.63, 3.8) is 0 Å². The maximum atomic E-state index is 13.4. The highest BCUT2D eigenvalue weighted by atomic mass is 16.5. The van der Waals surface area contributed by atoms with Crippen LogP contribution in [0.4, 0.5) is 0 Å². The van der Waals surface area contributed by atoms with Gasteiger partial charge in [0, 0.05) is 6.04 Å². The molecule has 1 atom stereocenters. The number of ketones is 1. The molecule has 32 heavy (non-hydrogen) atoms. The predicted octanol–water partition coefficient (Wildman–Crippen LogP) is 5.37. The number of aryl methyl sites for hydroxylation is 3. The van der Waals surface area contributed by atoms with Crippen LogP contribution in [-0.2, 0) is 9.59 Å². The summed E-state index contributed by atoms with van der Waals surface area (Å²) < 4.78 is 5.57. The first-order valence-electron chi connectivity index (χ1n) is 11.4. The van der Waals surface area contributed by atoms with Crippen molar-refractivity contribution >= 4 is 17.4 Å². The zero-order valence-corrected chi connectivity index (χ0v) is 19.3. The van der Waals surface area contributed by atoms with E-state index in [1.54, 1.807) is 12.0 Å². The minimum absolute atomic E-state index is 0.00264. The van der Waals surface area contributed by atoms with Crippen molar-refractivity contribution in [2.75, 3.05) is 7.11 Å². The first-order chi connectivity index (χ1) is 15.3. The van der Waals surface area contributed by atoms with Crippen LogP contribution in [0.1, 0.15) is 66.0 Å². The Hall–Kier alpha value is -3.08. The smallest absolute Gasteiger partial charge is 0.295 e. The number of likely N-dealkylation sites (tertiary alicyclic amines) is 1. The number of methoxy groups -OCH3 is 1. The molecular weight excluding hydrogens is 402 g/mol. The standard InChI is InChI=1S/C27H31NO4/c1-16-9-8-10-19(14-16)23-22(24(29)21-15-17(2)13-18(3)26(21)32-4)25(30)27(31)28(23)20-11-6-5-7-12-20/h8-10,13-15,20,23,29H,5-7,11-12H2,1-4H3/b24-22+. The number of amides is 1. The Balaban J connectivity index is 1.95. The highest BCUT2D eigenvalue weighted by molar-refractivity contribution is 6.46. The van der Waals surface area contributed by atoms with E-state index in [1.807, 2.05) is 57.2 Å². The Morgan fingerprint density at radius 3 is 2.38 bits per heavy atom. The van der Waals surface area contributed by atoms with Crippen LogP contribution in [0.5, 0.6) is 5.75 Å². The molecule has 5 nitrogen and oxygen atoms in total. The summed E-state index contributed by atoms with van der Waals surface area (Å²) in [6.45, 7) is 5.83. The molecule has 2 aromatic rings. The molecule has 0 aromatic heterocycles. The van der Waals surface area contributed by atoms with Crippen LogP contribution in [0.25, 0.3) is 5.76 Å². The van der Waals surface area contributed by atoms with Crippen LogP contribution >= 0.6 is 0 Å². The lowest BCUT2D eigenvalue weighted by molar-refractivity contribution is -0.141. The van der Waals surface area contributed by atoms with Crippen molar-refractivity contribution in [3.05, 3.63) is 69.8 Å². The predicted molar refractivity (Wildman–Crippen MR) is 125 cm³/mol. The Morgan fingerprint density at radius 1 is 1.00 bits per heavy atom. The fraction of sp³-hybridized carbons (Fsp3) is 0.407. The van der Waals surface area contributed by atoms with Gasteiger partial charge in [-0.3, -0.25) is 9.59 Å². The fourth-order valence-electron chi connectivity index (χ4n) is 5.30. The van der Waals surface area contributed by atoms with E-state index in [-0.39, 0.29) is 17.4 Å². The monoisotopic (exact) mass is 433 g/mol. The topological polar surface area (TPSA) is 66.8 Å². The largest absolute Gasteiger partial charge is 0.507 e. The number of hydrogen-bond donors (Lipinski definition) is 1. The lowest BCUT2D eigenvalue weighted by Gasteiger charge is -2.35. The Morgan fingerprint density at radius 2 is 1.72 bits per heavy atom. The molecular formula is C27H31NO4. The highest BCUT2D eigenvalue weighted by Crippen LogP contribution is 2.44. The highest BCUT2D eigenvalue weighted by Gasteiger charge is 2.49. The van der Waals surface area contributed by atoms with Crippen molar-refractivity contribution in [2.45, 2.75) is 65.0 Å². The van der Waals surface area contributed by atoms with Gasteiger partial charge in [0.25, 0.3) is 11.7 Å². The number of hydrogen-bond acceptors (Lipinski definition) is 4. The van der Waals surface area contributed by atoms with Gasteiger partial charge in [-0.25, -0.2) is 0 Å². The zero-order valence-electron chi connectivity index (χ0n) is 19.3.